The Morgan fingerprint density at radius 2 is 1.87 bits per heavy atom. The zero-order valence-corrected chi connectivity index (χ0v) is 10.8. The van der Waals surface area contributed by atoms with E-state index in [2.05, 4.69) is 25.3 Å². The second-order valence-corrected chi connectivity index (χ2v) is 5.04. The van der Waals surface area contributed by atoms with Crippen LogP contribution in [0.3, 0.4) is 0 Å². The molecule has 0 heterocycles. The SMILES string of the molecule is CC(=O)C(S)(CCS)CCCCC(N)=O. The van der Waals surface area contributed by atoms with Crippen LogP contribution in [-0.2, 0) is 9.59 Å². The van der Waals surface area contributed by atoms with Crippen LogP contribution in [0.5, 0.6) is 0 Å². The van der Waals surface area contributed by atoms with Gasteiger partial charge in [-0.3, -0.25) is 9.59 Å². The van der Waals surface area contributed by atoms with Gasteiger partial charge in [-0.15, -0.1) is 0 Å². The summed E-state index contributed by atoms with van der Waals surface area (Å²) in [6, 6.07) is 0. The molecule has 3 nitrogen and oxygen atoms in total. The molecule has 1 amide bonds. The third kappa shape index (κ3) is 6.10. The van der Waals surface area contributed by atoms with Crippen LogP contribution in [0.2, 0.25) is 0 Å². The highest BCUT2D eigenvalue weighted by molar-refractivity contribution is 7.83. The predicted octanol–water partition coefficient (Wildman–Crippen LogP) is 1.61. The first-order valence-electron chi connectivity index (χ1n) is 5.05. The van der Waals surface area contributed by atoms with Crippen molar-refractivity contribution >= 4 is 36.9 Å². The molecule has 0 aliphatic carbocycles. The van der Waals surface area contributed by atoms with Crippen molar-refractivity contribution in [3.63, 3.8) is 0 Å². The lowest BCUT2D eigenvalue weighted by molar-refractivity contribution is -0.119. The maximum absolute atomic E-state index is 11.4. The van der Waals surface area contributed by atoms with Gasteiger partial charge in [0, 0.05) is 6.42 Å². The summed E-state index contributed by atoms with van der Waals surface area (Å²) in [5, 5.41) is 0. The van der Waals surface area contributed by atoms with E-state index in [0.29, 0.717) is 25.0 Å². The van der Waals surface area contributed by atoms with Crippen LogP contribution in [0.15, 0.2) is 0 Å². The number of Topliss-reactive ketones (excluding diaryl/α,β-unsaturated/α-hetero) is 1. The Labute approximate surface area is 102 Å². The number of amides is 1. The fraction of sp³-hybridized carbons (Fsp3) is 0.800. The molecule has 0 rings (SSSR count). The van der Waals surface area contributed by atoms with Gasteiger partial charge in [-0.1, -0.05) is 6.42 Å². The third-order valence-electron chi connectivity index (χ3n) is 2.44. The minimum Gasteiger partial charge on any atom is -0.370 e. The van der Waals surface area contributed by atoms with Crippen LogP contribution in [0.4, 0.5) is 0 Å². The summed E-state index contributed by atoms with van der Waals surface area (Å²) in [5.74, 6) is 0.412. The summed E-state index contributed by atoms with van der Waals surface area (Å²) in [6.07, 6.45) is 3.23. The first-order chi connectivity index (χ1) is 6.92. The number of nitrogens with two attached hydrogens (primary N) is 1. The largest absolute Gasteiger partial charge is 0.370 e. The number of hydrogen-bond acceptors (Lipinski definition) is 4. The number of thiol groups is 2. The van der Waals surface area contributed by atoms with E-state index in [1.165, 1.54) is 0 Å². The number of rotatable bonds is 8. The van der Waals surface area contributed by atoms with Gasteiger partial charge in [0.25, 0.3) is 0 Å². The molecular formula is C10H19NO2S2. The number of primary amides is 1. The van der Waals surface area contributed by atoms with Crippen LogP contribution >= 0.6 is 25.3 Å². The van der Waals surface area contributed by atoms with Gasteiger partial charge >= 0.3 is 0 Å². The second-order valence-electron chi connectivity index (χ2n) is 3.73. The molecule has 0 fully saturated rings. The highest BCUT2D eigenvalue weighted by Gasteiger charge is 2.29. The average Bonchev–Trinajstić information content (AvgIpc) is 2.12. The molecule has 15 heavy (non-hydrogen) atoms. The number of carbonyl (C=O) groups is 2. The third-order valence-corrected chi connectivity index (χ3v) is 3.43. The molecule has 0 saturated heterocycles. The smallest absolute Gasteiger partial charge is 0.217 e. The molecule has 0 spiro atoms. The van der Waals surface area contributed by atoms with Gasteiger partial charge in [0.15, 0.2) is 0 Å². The molecule has 0 saturated carbocycles. The lowest BCUT2D eigenvalue weighted by Gasteiger charge is -2.24. The lowest BCUT2D eigenvalue weighted by atomic mass is 9.93. The fourth-order valence-corrected chi connectivity index (χ4v) is 2.21. The summed E-state index contributed by atoms with van der Waals surface area (Å²) in [6.45, 7) is 1.55. The summed E-state index contributed by atoms with van der Waals surface area (Å²) >= 11 is 8.51. The Bertz CT molecular complexity index is 233. The molecule has 2 N–H and O–H groups in total. The summed E-state index contributed by atoms with van der Waals surface area (Å²) in [4.78, 5) is 21.9. The zero-order chi connectivity index (χ0) is 11.9. The van der Waals surface area contributed by atoms with E-state index >= 15 is 0 Å². The van der Waals surface area contributed by atoms with Crippen LogP contribution in [-0.4, -0.2) is 22.2 Å². The van der Waals surface area contributed by atoms with Gasteiger partial charge in [0.05, 0.1) is 4.75 Å². The van der Waals surface area contributed by atoms with Crippen molar-refractivity contribution in [2.24, 2.45) is 5.73 Å². The van der Waals surface area contributed by atoms with Gasteiger partial charge in [-0.05, 0) is 31.9 Å². The standard InChI is InChI=1S/C10H19NO2S2/c1-8(12)10(15,6-7-14)5-3-2-4-9(11)13/h14-15H,2-7H2,1H3,(H2,11,13). The highest BCUT2D eigenvalue weighted by atomic mass is 32.1. The molecule has 1 unspecified atom stereocenters. The van der Waals surface area contributed by atoms with Crippen molar-refractivity contribution in [2.75, 3.05) is 5.75 Å². The first-order valence-corrected chi connectivity index (χ1v) is 6.13. The molecule has 0 aromatic rings. The van der Waals surface area contributed by atoms with Crippen molar-refractivity contribution in [2.45, 2.75) is 43.8 Å². The van der Waals surface area contributed by atoms with Gasteiger partial charge < -0.3 is 5.73 Å². The van der Waals surface area contributed by atoms with Crippen molar-refractivity contribution < 1.29 is 9.59 Å². The maximum atomic E-state index is 11.4. The molecular weight excluding hydrogens is 230 g/mol. The van der Waals surface area contributed by atoms with Crippen LogP contribution in [0.1, 0.15) is 39.0 Å². The Hall–Kier alpha value is -0.160. The predicted molar refractivity (Wildman–Crippen MR) is 68.5 cm³/mol. The first kappa shape index (κ1) is 14.8. The van der Waals surface area contributed by atoms with E-state index in [0.717, 1.165) is 12.8 Å². The molecule has 0 aromatic heterocycles. The molecule has 0 bridgehead atoms. The van der Waals surface area contributed by atoms with Crippen molar-refractivity contribution in [1.29, 1.82) is 0 Å². The summed E-state index contributed by atoms with van der Waals surface area (Å²) in [5.41, 5.74) is 5.02. The van der Waals surface area contributed by atoms with E-state index < -0.39 is 4.75 Å². The summed E-state index contributed by atoms with van der Waals surface area (Å²) < 4.78 is -0.584. The van der Waals surface area contributed by atoms with Gasteiger partial charge in [0.1, 0.15) is 5.78 Å². The highest BCUT2D eigenvalue weighted by Crippen LogP contribution is 2.28. The molecule has 0 aliphatic heterocycles. The van der Waals surface area contributed by atoms with Gasteiger partial charge in [-0.2, -0.15) is 25.3 Å². The number of carbonyl (C=O) groups excluding carboxylic acids is 2. The monoisotopic (exact) mass is 249 g/mol. The number of ketones is 1. The maximum Gasteiger partial charge on any atom is 0.217 e. The van der Waals surface area contributed by atoms with E-state index in [9.17, 15) is 9.59 Å². The van der Waals surface area contributed by atoms with E-state index in [-0.39, 0.29) is 11.7 Å². The van der Waals surface area contributed by atoms with E-state index in [4.69, 9.17) is 5.73 Å². The van der Waals surface area contributed by atoms with Crippen molar-refractivity contribution in [3.05, 3.63) is 0 Å². The number of unbranched alkanes of at least 4 members (excludes halogenated alkanes) is 1. The van der Waals surface area contributed by atoms with E-state index in [1.54, 1.807) is 6.92 Å². The van der Waals surface area contributed by atoms with Gasteiger partial charge in [0.2, 0.25) is 5.91 Å². The van der Waals surface area contributed by atoms with Crippen LogP contribution < -0.4 is 5.73 Å². The van der Waals surface area contributed by atoms with Crippen LogP contribution in [0, 0.1) is 0 Å². The molecule has 1 atom stereocenters. The normalized spacial score (nSPS) is 14.6. The topological polar surface area (TPSA) is 60.2 Å². The van der Waals surface area contributed by atoms with Crippen molar-refractivity contribution in [3.8, 4) is 0 Å². The molecule has 5 heteroatoms. The minimum absolute atomic E-state index is 0.0685. The molecule has 0 aromatic carbocycles. The fourth-order valence-electron chi connectivity index (χ4n) is 1.38. The molecule has 0 aliphatic rings. The summed E-state index contributed by atoms with van der Waals surface area (Å²) in [7, 11) is 0. The quantitative estimate of drug-likeness (QED) is 0.452. The Morgan fingerprint density at radius 1 is 1.27 bits per heavy atom. The second kappa shape index (κ2) is 7.17. The molecule has 88 valence electrons. The van der Waals surface area contributed by atoms with Gasteiger partial charge in [-0.25, -0.2) is 0 Å². The van der Waals surface area contributed by atoms with Crippen molar-refractivity contribution in [1.82, 2.24) is 0 Å². The zero-order valence-electron chi connectivity index (χ0n) is 9.03. The van der Waals surface area contributed by atoms with Crippen LogP contribution in [0.25, 0.3) is 0 Å². The minimum atomic E-state index is -0.584. The molecule has 0 radical (unpaired) electrons. The Morgan fingerprint density at radius 3 is 2.27 bits per heavy atom. The average molecular weight is 249 g/mol. The Kier molecular flexibility index (Phi) is 7.09. The lowest BCUT2D eigenvalue weighted by Crippen LogP contribution is -2.31. The Balaban J connectivity index is 3.97. The number of hydrogen-bond donors (Lipinski definition) is 3. The van der Waals surface area contributed by atoms with E-state index in [1.807, 2.05) is 0 Å².